The molecule has 0 aliphatic rings. The lowest BCUT2D eigenvalue weighted by Gasteiger charge is -2.09. The molecule has 0 saturated carbocycles. The first-order valence-corrected chi connectivity index (χ1v) is 5.93. The molecule has 0 unspecified atom stereocenters. The van der Waals surface area contributed by atoms with Gasteiger partial charge in [-0.2, -0.15) is 0 Å². The number of anilines is 1. The monoisotopic (exact) mass is 250 g/mol. The van der Waals surface area contributed by atoms with Crippen molar-refractivity contribution in [3.8, 4) is 0 Å². The Kier molecular flexibility index (Phi) is 5.70. The summed E-state index contributed by atoms with van der Waals surface area (Å²) in [5.74, 6) is -0.875. The quantitative estimate of drug-likeness (QED) is 0.568. The number of hydrogen-bond donors (Lipinski definition) is 2. The summed E-state index contributed by atoms with van der Waals surface area (Å²) < 4.78 is 4.99. The zero-order chi connectivity index (χ0) is 13.4. The summed E-state index contributed by atoms with van der Waals surface area (Å²) in [4.78, 5) is 22.5. The van der Waals surface area contributed by atoms with Crippen molar-refractivity contribution in [3.63, 3.8) is 0 Å². The number of rotatable bonds is 7. The summed E-state index contributed by atoms with van der Waals surface area (Å²) in [6.07, 6.45) is 1.83. The van der Waals surface area contributed by atoms with E-state index in [1.807, 2.05) is 6.92 Å². The zero-order valence-corrected chi connectivity index (χ0v) is 10.4. The molecule has 0 bridgehead atoms. The Morgan fingerprint density at radius 1 is 1.33 bits per heavy atom. The van der Waals surface area contributed by atoms with Crippen molar-refractivity contribution in [2.24, 2.45) is 5.73 Å². The maximum Gasteiger partial charge on any atom is 0.325 e. The van der Waals surface area contributed by atoms with Crippen LogP contribution in [0.2, 0.25) is 0 Å². The number of unbranched alkanes of at least 4 members (excludes halogenated alkanes) is 1. The zero-order valence-electron chi connectivity index (χ0n) is 10.4. The van der Waals surface area contributed by atoms with Crippen LogP contribution in [0.1, 0.15) is 30.1 Å². The summed E-state index contributed by atoms with van der Waals surface area (Å²) >= 11 is 0. The molecule has 0 fully saturated rings. The molecule has 18 heavy (non-hydrogen) atoms. The van der Waals surface area contributed by atoms with Gasteiger partial charge in [-0.25, -0.2) is 0 Å². The van der Waals surface area contributed by atoms with Crippen LogP contribution in [0.25, 0.3) is 0 Å². The number of ether oxygens (including phenoxy) is 1. The van der Waals surface area contributed by atoms with Gasteiger partial charge in [0.1, 0.15) is 6.54 Å². The fourth-order valence-electron chi connectivity index (χ4n) is 1.40. The molecule has 5 heteroatoms. The van der Waals surface area contributed by atoms with Crippen LogP contribution in [-0.2, 0) is 9.53 Å². The highest BCUT2D eigenvalue weighted by atomic mass is 16.5. The number of esters is 1. The second kappa shape index (κ2) is 7.32. The van der Waals surface area contributed by atoms with Crippen LogP contribution in [0.15, 0.2) is 24.3 Å². The highest BCUT2D eigenvalue weighted by Crippen LogP contribution is 2.13. The maximum atomic E-state index is 11.4. The molecule has 0 spiro atoms. The largest absolute Gasteiger partial charge is 0.464 e. The Morgan fingerprint density at radius 3 is 2.72 bits per heavy atom. The van der Waals surface area contributed by atoms with Gasteiger partial charge in [0.15, 0.2) is 0 Å². The van der Waals surface area contributed by atoms with Gasteiger partial charge in [0.2, 0.25) is 0 Å². The van der Waals surface area contributed by atoms with E-state index in [-0.39, 0.29) is 12.5 Å². The fraction of sp³-hybridized carbons (Fsp3) is 0.385. The van der Waals surface area contributed by atoms with E-state index in [9.17, 15) is 9.59 Å². The SMILES string of the molecule is CCCCOC(=O)CNc1ccccc1C(N)=O. The molecule has 5 nitrogen and oxygen atoms in total. The van der Waals surface area contributed by atoms with Crippen molar-refractivity contribution in [1.82, 2.24) is 0 Å². The molecule has 1 aromatic rings. The summed E-state index contributed by atoms with van der Waals surface area (Å²) in [5, 5.41) is 2.85. The van der Waals surface area contributed by atoms with Gasteiger partial charge in [0.25, 0.3) is 5.91 Å². The first kappa shape index (κ1) is 14.0. The average Bonchev–Trinajstić information content (AvgIpc) is 2.37. The number of primary amides is 1. The first-order chi connectivity index (χ1) is 8.65. The van der Waals surface area contributed by atoms with Gasteiger partial charge in [0, 0.05) is 5.69 Å². The molecule has 0 aliphatic heterocycles. The smallest absolute Gasteiger partial charge is 0.325 e. The fourth-order valence-corrected chi connectivity index (χ4v) is 1.40. The lowest BCUT2D eigenvalue weighted by molar-refractivity contribution is -0.141. The molecule has 0 aliphatic carbocycles. The number of hydrogen-bond acceptors (Lipinski definition) is 4. The van der Waals surface area contributed by atoms with Gasteiger partial charge >= 0.3 is 5.97 Å². The van der Waals surface area contributed by atoms with E-state index >= 15 is 0 Å². The third kappa shape index (κ3) is 4.45. The average molecular weight is 250 g/mol. The molecule has 1 amide bonds. The Bertz CT molecular complexity index is 418. The number of nitrogens with one attached hydrogen (secondary N) is 1. The molecule has 1 aromatic carbocycles. The highest BCUT2D eigenvalue weighted by molar-refractivity contribution is 5.98. The predicted octanol–water partition coefficient (Wildman–Crippen LogP) is 1.54. The highest BCUT2D eigenvalue weighted by Gasteiger charge is 2.08. The minimum absolute atomic E-state index is 0.0218. The molecule has 0 radical (unpaired) electrons. The summed E-state index contributed by atoms with van der Waals surface area (Å²) in [7, 11) is 0. The van der Waals surface area contributed by atoms with Gasteiger partial charge < -0.3 is 15.8 Å². The number of benzene rings is 1. The van der Waals surface area contributed by atoms with E-state index in [0.29, 0.717) is 17.9 Å². The number of carbonyl (C=O) groups excluding carboxylic acids is 2. The molecule has 1 rings (SSSR count). The van der Waals surface area contributed by atoms with Crippen molar-refractivity contribution in [2.75, 3.05) is 18.5 Å². The van der Waals surface area contributed by atoms with E-state index in [4.69, 9.17) is 10.5 Å². The van der Waals surface area contributed by atoms with Crippen molar-refractivity contribution < 1.29 is 14.3 Å². The molecule has 0 atom stereocenters. The van der Waals surface area contributed by atoms with Gasteiger partial charge in [-0.15, -0.1) is 0 Å². The van der Waals surface area contributed by atoms with Crippen molar-refractivity contribution >= 4 is 17.6 Å². The Hall–Kier alpha value is -2.04. The normalized spacial score (nSPS) is 9.83. The van der Waals surface area contributed by atoms with Gasteiger partial charge in [-0.3, -0.25) is 9.59 Å². The van der Waals surface area contributed by atoms with Gasteiger partial charge in [-0.1, -0.05) is 25.5 Å². The van der Waals surface area contributed by atoms with Crippen LogP contribution in [0.3, 0.4) is 0 Å². The number of para-hydroxylation sites is 1. The molecule has 0 aromatic heterocycles. The summed E-state index contributed by atoms with van der Waals surface area (Å²) in [5.41, 5.74) is 6.12. The standard InChI is InChI=1S/C13H18N2O3/c1-2-3-8-18-12(16)9-15-11-7-5-4-6-10(11)13(14)17/h4-7,15H,2-3,8-9H2,1H3,(H2,14,17). The van der Waals surface area contributed by atoms with Crippen LogP contribution >= 0.6 is 0 Å². The number of nitrogens with two attached hydrogens (primary N) is 1. The molecule has 98 valence electrons. The van der Waals surface area contributed by atoms with Crippen LogP contribution in [-0.4, -0.2) is 25.0 Å². The summed E-state index contributed by atoms with van der Waals surface area (Å²) in [6, 6.07) is 6.77. The van der Waals surface area contributed by atoms with E-state index in [0.717, 1.165) is 12.8 Å². The second-order valence-corrected chi connectivity index (χ2v) is 3.84. The van der Waals surface area contributed by atoms with Gasteiger partial charge in [0.05, 0.1) is 12.2 Å². The van der Waals surface area contributed by atoms with Crippen molar-refractivity contribution in [3.05, 3.63) is 29.8 Å². The molecule has 0 heterocycles. The first-order valence-electron chi connectivity index (χ1n) is 5.93. The molecular formula is C13H18N2O3. The number of carbonyl (C=O) groups is 2. The second-order valence-electron chi connectivity index (χ2n) is 3.84. The minimum atomic E-state index is -0.530. The van der Waals surface area contributed by atoms with Crippen LogP contribution in [0.5, 0.6) is 0 Å². The third-order valence-electron chi connectivity index (χ3n) is 2.38. The third-order valence-corrected chi connectivity index (χ3v) is 2.38. The van der Waals surface area contributed by atoms with Crippen LogP contribution < -0.4 is 11.1 Å². The van der Waals surface area contributed by atoms with Crippen molar-refractivity contribution in [1.29, 1.82) is 0 Å². The Balaban J connectivity index is 2.48. The topological polar surface area (TPSA) is 81.4 Å². The molecule has 3 N–H and O–H groups in total. The van der Waals surface area contributed by atoms with Crippen LogP contribution in [0.4, 0.5) is 5.69 Å². The number of amides is 1. The van der Waals surface area contributed by atoms with Crippen LogP contribution in [0, 0.1) is 0 Å². The molecular weight excluding hydrogens is 232 g/mol. The van der Waals surface area contributed by atoms with Gasteiger partial charge in [-0.05, 0) is 18.6 Å². The maximum absolute atomic E-state index is 11.4. The van der Waals surface area contributed by atoms with Crippen molar-refractivity contribution in [2.45, 2.75) is 19.8 Å². The Labute approximate surface area is 106 Å². The molecule has 0 saturated heterocycles. The Morgan fingerprint density at radius 2 is 2.06 bits per heavy atom. The van der Waals surface area contributed by atoms with E-state index in [2.05, 4.69) is 5.32 Å². The lowest BCUT2D eigenvalue weighted by Crippen LogP contribution is -2.20. The lowest BCUT2D eigenvalue weighted by atomic mass is 10.1. The van der Waals surface area contributed by atoms with E-state index in [1.165, 1.54) is 0 Å². The van der Waals surface area contributed by atoms with E-state index < -0.39 is 5.91 Å². The predicted molar refractivity (Wildman–Crippen MR) is 69.3 cm³/mol. The summed E-state index contributed by atoms with van der Waals surface area (Å²) in [6.45, 7) is 2.47. The minimum Gasteiger partial charge on any atom is -0.464 e. The van der Waals surface area contributed by atoms with E-state index in [1.54, 1.807) is 24.3 Å².